The monoisotopic (exact) mass is 375 g/mol. The van der Waals surface area contributed by atoms with Gasteiger partial charge in [0.05, 0.1) is 12.6 Å². The quantitative estimate of drug-likeness (QED) is 0.688. The molecule has 3 aromatic rings. The third-order valence-electron chi connectivity index (χ3n) is 5.76. The molecule has 6 heteroatoms. The van der Waals surface area contributed by atoms with E-state index in [0.29, 0.717) is 25.1 Å². The Morgan fingerprint density at radius 1 is 1.21 bits per heavy atom. The Balaban J connectivity index is 1.65. The van der Waals surface area contributed by atoms with Crippen molar-refractivity contribution >= 4 is 22.7 Å². The number of amides is 2. The maximum Gasteiger partial charge on any atom is 0.255 e. The molecule has 0 spiro atoms. The molecule has 0 aliphatic carbocycles. The van der Waals surface area contributed by atoms with Crippen LogP contribution in [-0.4, -0.2) is 48.0 Å². The van der Waals surface area contributed by atoms with Crippen molar-refractivity contribution in [2.24, 2.45) is 0 Å². The first-order valence-electron chi connectivity index (χ1n) is 9.48. The molecule has 28 heavy (non-hydrogen) atoms. The average Bonchev–Trinajstić information content (AvgIpc) is 3.24. The van der Waals surface area contributed by atoms with Gasteiger partial charge < -0.3 is 19.9 Å². The van der Waals surface area contributed by atoms with Crippen molar-refractivity contribution in [2.75, 3.05) is 20.3 Å². The van der Waals surface area contributed by atoms with Crippen molar-refractivity contribution < 1.29 is 14.3 Å². The molecule has 6 nitrogen and oxygen atoms in total. The van der Waals surface area contributed by atoms with E-state index in [9.17, 15) is 9.59 Å². The van der Waals surface area contributed by atoms with E-state index in [1.54, 1.807) is 12.0 Å². The van der Waals surface area contributed by atoms with Crippen LogP contribution in [0.25, 0.3) is 10.9 Å². The molecule has 2 aliphatic rings. The second-order valence-corrected chi connectivity index (χ2v) is 7.27. The fourth-order valence-electron chi connectivity index (χ4n) is 4.53. The number of hydrogen-bond donors (Lipinski definition) is 2. The summed E-state index contributed by atoms with van der Waals surface area (Å²) in [5.41, 5.74) is 4.79. The number of H-pyrrole nitrogens is 1. The Hall–Kier alpha value is -3.12. The Morgan fingerprint density at radius 2 is 2.00 bits per heavy atom. The SMILES string of the molecule is COCCNC(=O)C1Cc2c([nH]c3ccccc23)C2c3ccccc3C(=O)N12. The van der Waals surface area contributed by atoms with Gasteiger partial charge in [-0.3, -0.25) is 9.59 Å². The molecule has 2 atom stereocenters. The summed E-state index contributed by atoms with van der Waals surface area (Å²) in [5.74, 6) is -0.226. The molecule has 142 valence electrons. The number of para-hydroxylation sites is 1. The van der Waals surface area contributed by atoms with Crippen molar-refractivity contribution in [3.05, 3.63) is 70.9 Å². The molecule has 3 heterocycles. The van der Waals surface area contributed by atoms with Crippen LogP contribution in [0.4, 0.5) is 0 Å². The van der Waals surface area contributed by atoms with Crippen molar-refractivity contribution in [1.82, 2.24) is 15.2 Å². The van der Waals surface area contributed by atoms with E-state index in [-0.39, 0.29) is 17.9 Å². The summed E-state index contributed by atoms with van der Waals surface area (Å²) in [6.07, 6.45) is 0.494. The minimum atomic E-state index is -0.548. The van der Waals surface area contributed by atoms with Gasteiger partial charge in [0.15, 0.2) is 0 Å². The molecule has 2 amide bonds. The molecule has 2 N–H and O–H groups in total. The fraction of sp³-hybridized carbons (Fsp3) is 0.273. The zero-order valence-corrected chi connectivity index (χ0v) is 15.6. The third-order valence-corrected chi connectivity index (χ3v) is 5.76. The number of hydrogen-bond acceptors (Lipinski definition) is 3. The maximum atomic E-state index is 13.2. The maximum absolute atomic E-state index is 13.2. The molecule has 0 bridgehead atoms. The van der Waals surface area contributed by atoms with Crippen LogP contribution in [-0.2, 0) is 16.0 Å². The van der Waals surface area contributed by atoms with Crippen LogP contribution < -0.4 is 5.32 Å². The topological polar surface area (TPSA) is 74.4 Å². The number of nitrogens with zero attached hydrogens (tertiary/aromatic N) is 1. The number of ether oxygens (including phenoxy) is 1. The second kappa shape index (κ2) is 6.49. The number of fused-ring (bicyclic) bond motifs is 7. The number of benzene rings is 2. The van der Waals surface area contributed by atoms with E-state index < -0.39 is 6.04 Å². The lowest BCUT2D eigenvalue weighted by Gasteiger charge is -2.37. The molecule has 2 aromatic carbocycles. The molecule has 0 radical (unpaired) electrons. The Bertz CT molecular complexity index is 1090. The number of rotatable bonds is 4. The highest BCUT2D eigenvalue weighted by atomic mass is 16.5. The lowest BCUT2D eigenvalue weighted by molar-refractivity contribution is -0.126. The average molecular weight is 375 g/mol. The molecular formula is C22H21N3O3. The molecule has 2 unspecified atom stereocenters. The van der Waals surface area contributed by atoms with E-state index >= 15 is 0 Å². The third kappa shape index (κ3) is 2.38. The number of nitrogens with one attached hydrogen (secondary N) is 2. The number of aromatic nitrogens is 1. The predicted molar refractivity (Wildman–Crippen MR) is 105 cm³/mol. The van der Waals surface area contributed by atoms with Gasteiger partial charge in [-0.15, -0.1) is 0 Å². The first-order valence-corrected chi connectivity index (χ1v) is 9.48. The minimum absolute atomic E-state index is 0.0863. The summed E-state index contributed by atoms with van der Waals surface area (Å²) in [6.45, 7) is 0.862. The first kappa shape index (κ1) is 17.0. The van der Waals surface area contributed by atoms with Crippen LogP contribution in [0.2, 0.25) is 0 Å². The highest BCUT2D eigenvalue weighted by Gasteiger charge is 2.48. The van der Waals surface area contributed by atoms with Crippen LogP contribution in [0.3, 0.4) is 0 Å². The van der Waals surface area contributed by atoms with Crippen molar-refractivity contribution in [1.29, 1.82) is 0 Å². The normalized spacial score (nSPS) is 20.0. The molecular weight excluding hydrogens is 354 g/mol. The van der Waals surface area contributed by atoms with Crippen LogP contribution in [0.1, 0.15) is 33.2 Å². The summed E-state index contributed by atoms with van der Waals surface area (Å²) in [6, 6.07) is 14.9. The van der Waals surface area contributed by atoms with Gasteiger partial charge in [0.1, 0.15) is 6.04 Å². The van der Waals surface area contributed by atoms with E-state index in [2.05, 4.69) is 16.4 Å². The van der Waals surface area contributed by atoms with Gasteiger partial charge in [-0.05, 0) is 23.3 Å². The molecule has 0 fully saturated rings. The summed E-state index contributed by atoms with van der Waals surface area (Å²) in [4.78, 5) is 31.5. The van der Waals surface area contributed by atoms with E-state index in [0.717, 1.165) is 27.7 Å². The van der Waals surface area contributed by atoms with Crippen molar-refractivity contribution in [3.63, 3.8) is 0 Å². The lowest BCUT2D eigenvalue weighted by Crippen LogP contribution is -2.52. The summed E-state index contributed by atoms with van der Waals surface area (Å²) >= 11 is 0. The zero-order valence-electron chi connectivity index (χ0n) is 15.6. The molecule has 0 saturated heterocycles. The van der Waals surface area contributed by atoms with Crippen LogP contribution in [0, 0.1) is 0 Å². The van der Waals surface area contributed by atoms with E-state index in [1.807, 2.05) is 42.5 Å². The molecule has 0 saturated carbocycles. The zero-order chi connectivity index (χ0) is 19.3. The van der Waals surface area contributed by atoms with Gasteiger partial charge in [-0.1, -0.05) is 36.4 Å². The second-order valence-electron chi connectivity index (χ2n) is 7.27. The van der Waals surface area contributed by atoms with Gasteiger partial charge in [0.2, 0.25) is 5.91 Å². The first-order chi connectivity index (χ1) is 13.7. The fourth-order valence-corrected chi connectivity index (χ4v) is 4.53. The van der Waals surface area contributed by atoms with Gasteiger partial charge in [0, 0.05) is 42.2 Å². The number of carbonyl (C=O) groups excluding carboxylic acids is 2. The van der Waals surface area contributed by atoms with Crippen LogP contribution >= 0.6 is 0 Å². The Labute approximate surface area is 162 Å². The highest BCUT2D eigenvalue weighted by Crippen LogP contribution is 2.46. The summed E-state index contributed by atoms with van der Waals surface area (Å²) in [5, 5.41) is 4.03. The largest absolute Gasteiger partial charge is 0.383 e. The smallest absolute Gasteiger partial charge is 0.255 e. The van der Waals surface area contributed by atoms with E-state index in [1.165, 1.54) is 0 Å². The van der Waals surface area contributed by atoms with Gasteiger partial charge in [-0.25, -0.2) is 0 Å². The van der Waals surface area contributed by atoms with Gasteiger partial charge in [0.25, 0.3) is 5.91 Å². The highest BCUT2D eigenvalue weighted by molar-refractivity contribution is 6.03. The predicted octanol–water partition coefficient (Wildman–Crippen LogP) is 2.40. The van der Waals surface area contributed by atoms with Crippen LogP contribution in [0.5, 0.6) is 0 Å². The summed E-state index contributed by atoms with van der Waals surface area (Å²) in [7, 11) is 1.60. The number of aromatic amines is 1. The van der Waals surface area contributed by atoms with Crippen molar-refractivity contribution in [2.45, 2.75) is 18.5 Å². The van der Waals surface area contributed by atoms with Gasteiger partial charge >= 0.3 is 0 Å². The molecule has 1 aromatic heterocycles. The lowest BCUT2D eigenvalue weighted by atomic mass is 9.90. The molecule has 5 rings (SSSR count). The van der Waals surface area contributed by atoms with E-state index in [4.69, 9.17) is 4.74 Å². The number of carbonyl (C=O) groups is 2. The Morgan fingerprint density at radius 3 is 2.86 bits per heavy atom. The van der Waals surface area contributed by atoms with Crippen molar-refractivity contribution in [3.8, 4) is 0 Å². The standard InChI is InChI=1S/C22H21N3O3/c1-28-11-10-23-21(26)18-12-16-13-6-4-5-9-17(13)24-19(16)20-14-7-2-3-8-15(14)22(27)25(18)20/h2-9,18,20,24H,10-12H2,1H3,(H,23,26). The minimum Gasteiger partial charge on any atom is -0.383 e. The molecule has 2 aliphatic heterocycles. The Kier molecular flexibility index (Phi) is 3.94. The summed E-state index contributed by atoms with van der Waals surface area (Å²) < 4.78 is 5.04. The van der Waals surface area contributed by atoms with Crippen LogP contribution in [0.15, 0.2) is 48.5 Å². The van der Waals surface area contributed by atoms with Gasteiger partial charge in [-0.2, -0.15) is 0 Å². The number of methoxy groups -OCH3 is 1.